The number of benzene rings is 1. The molecule has 2 N–H and O–H groups in total. The summed E-state index contributed by atoms with van der Waals surface area (Å²) < 4.78 is 10.8. The van der Waals surface area contributed by atoms with Gasteiger partial charge in [-0.1, -0.05) is 20.8 Å². The highest BCUT2D eigenvalue weighted by Gasteiger charge is 2.37. The maximum Gasteiger partial charge on any atom is 0.123 e. The fraction of sp³-hybridized carbons (Fsp3) is 0.647. The summed E-state index contributed by atoms with van der Waals surface area (Å²) in [6.45, 7) is 10.7. The van der Waals surface area contributed by atoms with Gasteiger partial charge in [-0.2, -0.15) is 0 Å². The van der Waals surface area contributed by atoms with Crippen LogP contribution in [0.5, 0.6) is 11.5 Å². The Bertz CT molecular complexity index is 446. The maximum atomic E-state index is 6.66. The molecule has 0 saturated carbocycles. The molecule has 0 bridgehead atoms. The van der Waals surface area contributed by atoms with E-state index < -0.39 is 0 Å². The van der Waals surface area contributed by atoms with Crippen molar-refractivity contribution < 1.29 is 9.47 Å². The van der Waals surface area contributed by atoms with Gasteiger partial charge in [0, 0.05) is 11.1 Å². The molecule has 0 radical (unpaired) electrons. The van der Waals surface area contributed by atoms with Gasteiger partial charge in [-0.15, -0.1) is 0 Å². The van der Waals surface area contributed by atoms with Gasteiger partial charge < -0.3 is 15.2 Å². The Morgan fingerprint density at radius 3 is 2.19 bits per heavy atom. The van der Waals surface area contributed by atoms with Crippen LogP contribution in [-0.2, 0) is 0 Å². The summed E-state index contributed by atoms with van der Waals surface area (Å²) in [6, 6.07) is 5.66. The average molecular weight is 294 g/mol. The van der Waals surface area contributed by atoms with Gasteiger partial charge >= 0.3 is 0 Å². The number of hydrogen-bond donors (Lipinski definition) is 1. The molecule has 4 heteroatoms. The zero-order chi connectivity index (χ0) is 16.0. The second kappa shape index (κ2) is 7.66. The summed E-state index contributed by atoms with van der Waals surface area (Å²) in [5, 5.41) is 0. The smallest absolute Gasteiger partial charge is 0.123 e. The standard InChI is InChI=1S/C17H30N2O2/c1-7-17(4,19(8-2)9-3)16(18)14-12-13(20-5)10-11-15(14)21-6/h10-12,16H,7-9,18H2,1-6H3. The highest BCUT2D eigenvalue weighted by Crippen LogP contribution is 2.38. The van der Waals surface area contributed by atoms with Crippen LogP contribution in [0.2, 0.25) is 0 Å². The molecule has 1 aromatic rings. The maximum absolute atomic E-state index is 6.66. The van der Waals surface area contributed by atoms with E-state index in [2.05, 4.69) is 32.6 Å². The second-order valence-electron chi connectivity index (χ2n) is 5.47. The Labute approximate surface area is 129 Å². The molecule has 0 aliphatic carbocycles. The van der Waals surface area contributed by atoms with E-state index in [1.165, 1.54) is 0 Å². The summed E-state index contributed by atoms with van der Waals surface area (Å²) in [5.74, 6) is 1.62. The first-order chi connectivity index (χ1) is 9.98. The van der Waals surface area contributed by atoms with Crippen molar-refractivity contribution in [2.45, 2.75) is 45.7 Å². The second-order valence-corrected chi connectivity index (χ2v) is 5.47. The van der Waals surface area contributed by atoms with Gasteiger partial charge in [0.15, 0.2) is 0 Å². The molecule has 0 saturated heterocycles. The van der Waals surface area contributed by atoms with Crippen molar-refractivity contribution in [3.05, 3.63) is 23.8 Å². The lowest BCUT2D eigenvalue weighted by Gasteiger charge is -2.44. The highest BCUT2D eigenvalue weighted by molar-refractivity contribution is 5.43. The summed E-state index contributed by atoms with van der Waals surface area (Å²) in [7, 11) is 3.35. The number of likely N-dealkylation sites (N-methyl/N-ethyl adjacent to an activating group) is 1. The van der Waals surface area contributed by atoms with Crippen LogP contribution >= 0.6 is 0 Å². The number of rotatable bonds is 8. The van der Waals surface area contributed by atoms with Crippen LogP contribution in [0.3, 0.4) is 0 Å². The van der Waals surface area contributed by atoms with Gasteiger partial charge in [0.1, 0.15) is 11.5 Å². The third kappa shape index (κ3) is 3.50. The molecular weight excluding hydrogens is 264 g/mol. The molecule has 1 rings (SSSR count). The summed E-state index contributed by atoms with van der Waals surface area (Å²) >= 11 is 0. The quantitative estimate of drug-likeness (QED) is 0.800. The van der Waals surface area contributed by atoms with Crippen molar-refractivity contribution in [1.29, 1.82) is 0 Å². The molecule has 0 amide bonds. The van der Waals surface area contributed by atoms with Crippen LogP contribution in [0.1, 0.15) is 45.7 Å². The topological polar surface area (TPSA) is 47.7 Å². The molecule has 0 fully saturated rings. The lowest BCUT2D eigenvalue weighted by Crippen LogP contribution is -2.53. The highest BCUT2D eigenvalue weighted by atomic mass is 16.5. The van der Waals surface area contributed by atoms with Gasteiger partial charge in [-0.25, -0.2) is 0 Å². The molecular formula is C17H30N2O2. The SMILES string of the molecule is CCN(CC)C(C)(CC)C(N)c1cc(OC)ccc1OC. The van der Waals surface area contributed by atoms with E-state index in [-0.39, 0.29) is 11.6 Å². The van der Waals surface area contributed by atoms with E-state index in [0.717, 1.165) is 36.6 Å². The number of hydrogen-bond acceptors (Lipinski definition) is 4. The monoisotopic (exact) mass is 294 g/mol. The molecule has 4 nitrogen and oxygen atoms in total. The van der Waals surface area contributed by atoms with E-state index in [1.54, 1.807) is 14.2 Å². The molecule has 0 heterocycles. The molecule has 120 valence electrons. The van der Waals surface area contributed by atoms with Gasteiger partial charge in [-0.3, -0.25) is 4.90 Å². The van der Waals surface area contributed by atoms with Gasteiger partial charge in [0.05, 0.1) is 20.3 Å². The van der Waals surface area contributed by atoms with Gasteiger partial charge in [0.25, 0.3) is 0 Å². The van der Waals surface area contributed by atoms with Crippen molar-refractivity contribution in [2.24, 2.45) is 5.73 Å². The minimum atomic E-state index is -0.146. The average Bonchev–Trinajstić information content (AvgIpc) is 2.54. The zero-order valence-electron chi connectivity index (χ0n) is 14.3. The van der Waals surface area contributed by atoms with Crippen LogP contribution in [0, 0.1) is 0 Å². The number of nitrogens with two attached hydrogens (primary N) is 1. The van der Waals surface area contributed by atoms with Crippen LogP contribution in [0.4, 0.5) is 0 Å². The molecule has 2 unspecified atom stereocenters. The molecule has 0 aromatic heterocycles. The summed E-state index contributed by atoms with van der Waals surface area (Å²) in [6.07, 6.45) is 0.968. The fourth-order valence-electron chi connectivity index (χ4n) is 3.00. The predicted molar refractivity (Wildman–Crippen MR) is 88.1 cm³/mol. The third-order valence-electron chi connectivity index (χ3n) is 4.64. The number of methoxy groups -OCH3 is 2. The van der Waals surface area contributed by atoms with Crippen molar-refractivity contribution in [2.75, 3.05) is 27.3 Å². The Balaban J connectivity index is 3.29. The molecule has 1 aromatic carbocycles. The first-order valence-electron chi connectivity index (χ1n) is 7.70. The molecule has 0 aliphatic rings. The zero-order valence-corrected chi connectivity index (χ0v) is 14.3. The Morgan fingerprint density at radius 2 is 1.76 bits per heavy atom. The molecule has 21 heavy (non-hydrogen) atoms. The lowest BCUT2D eigenvalue weighted by atomic mass is 9.83. The predicted octanol–water partition coefficient (Wildman–Crippen LogP) is 3.21. The van der Waals surface area contributed by atoms with Crippen LogP contribution in [0.25, 0.3) is 0 Å². The van der Waals surface area contributed by atoms with E-state index in [1.807, 2.05) is 18.2 Å². The molecule has 2 atom stereocenters. The van der Waals surface area contributed by atoms with Gasteiger partial charge in [0.2, 0.25) is 0 Å². The molecule has 0 aliphatic heterocycles. The van der Waals surface area contributed by atoms with Crippen LogP contribution in [-0.4, -0.2) is 37.7 Å². The van der Waals surface area contributed by atoms with Crippen molar-refractivity contribution in [1.82, 2.24) is 4.90 Å². The minimum absolute atomic E-state index is 0.122. The van der Waals surface area contributed by atoms with E-state index in [4.69, 9.17) is 15.2 Å². The number of ether oxygens (including phenoxy) is 2. The van der Waals surface area contributed by atoms with E-state index in [9.17, 15) is 0 Å². The van der Waals surface area contributed by atoms with E-state index in [0.29, 0.717) is 0 Å². The molecule has 0 spiro atoms. The summed E-state index contributed by atoms with van der Waals surface area (Å²) in [5.41, 5.74) is 7.53. The first kappa shape index (κ1) is 17.8. The summed E-state index contributed by atoms with van der Waals surface area (Å²) in [4.78, 5) is 2.41. The fourth-order valence-corrected chi connectivity index (χ4v) is 3.00. The van der Waals surface area contributed by atoms with Gasteiger partial charge in [-0.05, 0) is 44.6 Å². The van der Waals surface area contributed by atoms with Crippen LogP contribution in [0.15, 0.2) is 18.2 Å². The first-order valence-corrected chi connectivity index (χ1v) is 7.70. The normalized spacial score (nSPS) is 15.6. The lowest BCUT2D eigenvalue weighted by molar-refractivity contribution is 0.0834. The van der Waals surface area contributed by atoms with Crippen LogP contribution < -0.4 is 15.2 Å². The largest absolute Gasteiger partial charge is 0.497 e. The minimum Gasteiger partial charge on any atom is -0.497 e. The van der Waals surface area contributed by atoms with Crippen molar-refractivity contribution >= 4 is 0 Å². The van der Waals surface area contributed by atoms with Crippen molar-refractivity contribution in [3.63, 3.8) is 0 Å². The Morgan fingerprint density at radius 1 is 1.14 bits per heavy atom. The third-order valence-corrected chi connectivity index (χ3v) is 4.64. The van der Waals surface area contributed by atoms with E-state index >= 15 is 0 Å². The Hall–Kier alpha value is -1.26. The number of nitrogens with zero attached hydrogens (tertiary/aromatic N) is 1. The Kier molecular flexibility index (Phi) is 6.49. The van der Waals surface area contributed by atoms with Crippen molar-refractivity contribution in [3.8, 4) is 11.5 Å².